The molecule has 1 aromatic rings. The van der Waals surface area contributed by atoms with Crippen molar-refractivity contribution >= 4 is 27.5 Å². The zero-order valence-electron chi connectivity index (χ0n) is 18.4. The number of benzene rings is 1. The Hall–Kier alpha value is -2.45. The monoisotopic (exact) mass is 433 g/mol. The van der Waals surface area contributed by atoms with Crippen molar-refractivity contribution in [1.29, 1.82) is 0 Å². The van der Waals surface area contributed by atoms with Crippen LogP contribution in [0.15, 0.2) is 42.0 Å². The summed E-state index contributed by atoms with van der Waals surface area (Å²) in [5.41, 5.74) is 2.19. The molecule has 0 bridgehead atoms. The molecule has 2 amide bonds. The van der Waals surface area contributed by atoms with E-state index in [1.54, 1.807) is 64.1 Å². The molecule has 0 aliphatic heterocycles. The molecule has 1 aromatic carbocycles. The molecule has 1 aliphatic rings. The van der Waals surface area contributed by atoms with Gasteiger partial charge in [-0.2, -0.15) is 0 Å². The van der Waals surface area contributed by atoms with Gasteiger partial charge in [0.15, 0.2) is 0 Å². The second-order valence-electron chi connectivity index (χ2n) is 8.65. The third kappa shape index (κ3) is 5.79. The standard InChI is InChI=1S/C22H31N3O4S/c1-14(2)23-21(27)18-8-7-9-19(15(18)3)24-20(26)16-10-12-17(13-11-16)25-30(28,29)22(4,5)6/h7-12,14,17,25H,13H2,1-6H3,(H,23,27)(H,24,26). The fourth-order valence-electron chi connectivity index (χ4n) is 2.80. The predicted molar refractivity (Wildman–Crippen MR) is 120 cm³/mol. The molecule has 1 atom stereocenters. The highest BCUT2D eigenvalue weighted by Crippen LogP contribution is 2.22. The van der Waals surface area contributed by atoms with Crippen LogP contribution in [0.25, 0.3) is 0 Å². The molecule has 7 nitrogen and oxygen atoms in total. The summed E-state index contributed by atoms with van der Waals surface area (Å²) in [6, 6.07) is 4.80. The average Bonchev–Trinajstić information content (AvgIpc) is 2.62. The molecular weight excluding hydrogens is 402 g/mol. The van der Waals surface area contributed by atoms with E-state index in [-0.39, 0.29) is 17.9 Å². The van der Waals surface area contributed by atoms with E-state index in [1.807, 2.05) is 13.8 Å². The molecular formula is C22H31N3O4S. The molecule has 8 heteroatoms. The Morgan fingerprint density at radius 1 is 1.13 bits per heavy atom. The zero-order chi connectivity index (χ0) is 22.7. The highest BCUT2D eigenvalue weighted by atomic mass is 32.2. The van der Waals surface area contributed by atoms with E-state index in [4.69, 9.17) is 0 Å². The lowest BCUT2D eigenvalue weighted by Gasteiger charge is -2.24. The van der Waals surface area contributed by atoms with E-state index >= 15 is 0 Å². The van der Waals surface area contributed by atoms with Crippen LogP contribution in [0.1, 0.15) is 57.0 Å². The van der Waals surface area contributed by atoms with Gasteiger partial charge in [0, 0.05) is 28.9 Å². The molecule has 0 aromatic heterocycles. The number of carbonyl (C=O) groups is 2. The summed E-state index contributed by atoms with van der Waals surface area (Å²) < 4.78 is 26.3. The van der Waals surface area contributed by atoms with E-state index in [0.717, 1.165) is 0 Å². The molecule has 1 aliphatic carbocycles. The fraction of sp³-hybridized carbons (Fsp3) is 0.455. The number of hydrogen-bond acceptors (Lipinski definition) is 4. The number of hydrogen-bond donors (Lipinski definition) is 3. The van der Waals surface area contributed by atoms with E-state index in [1.165, 1.54) is 0 Å². The third-order valence-electron chi connectivity index (χ3n) is 4.72. The number of sulfonamides is 1. The molecule has 164 valence electrons. The van der Waals surface area contributed by atoms with Gasteiger partial charge in [0.2, 0.25) is 10.0 Å². The normalized spacial score (nSPS) is 16.9. The van der Waals surface area contributed by atoms with Crippen molar-refractivity contribution in [2.24, 2.45) is 0 Å². The van der Waals surface area contributed by atoms with Crippen LogP contribution in [-0.4, -0.2) is 37.1 Å². The summed E-state index contributed by atoms with van der Waals surface area (Å²) in [7, 11) is -3.48. The second kappa shape index (κ2) is 9.14. The topological polar surface area (TPSA) is 104 Å². The largest absolute Gasteiger partial charge is 0.350 e. The number of nitrogens with one attached hydrogen (secondary N) is 3. The van der Waals surface area contributed by atoms with Crippen molar-refractivity contribution in [3.63, 3.8) is 0 Å². The van der Waals surface area contributed by atoms with E-state index in [9.17, 15) is 18.0 Å². The van der Waals surface area contributed by atoms with Crippen LogP contribution in [0.3, 0.4) is 0 Å². The van der Waals surface area contributed by atoms with Gasteiger partial charge in [-0.1, -0.05) is 24.3 Å². The SMILES string of the molecule is Cc1c(NC(=O)C2=CCC(NS(=O)(=O)C(C)(C)C)C=C2)cccc1C(=O)NC(C)C. The van der Waals surface area contributed by atoms with Gasteiger partial charge in [0.1, 0.15) is 0 Å². The summed E-state index contributed by atoms with van der Waals surface area (Å²) in [5, 5.41) is 5.69. The molecule has 0 saturated carbocycles. The summed E-state index contributed by atoms with van der Waals surface area (Å²) in [4.78, 5) is 25.0. The van der Waals surface area contributed by atoms with E-state index in [2.05, 4.69) is 15.4 Å². The first-order chi connectivity index (χ1) is 13.8. The first-order valence-corrected chi connectivity index (χ1v) is 11.4. The lowest BCUT2D eigenvalue weighted by Crippen LogP contribution is -2.44. The van der Waals surface area contributed by atoms with Crippen molar-refractivity contribution in [1.82, 2.24) is 10.0 Å². The maximum absolute atomic E-state index is 12.7. The van der Waals surface area contributed by atoms with Crippen LogP contribution < -0.4 is 15.4 Å². The zero-order valence-corrected chi connectivity index (χ0v) is 19.2. The van der Waals surface area contributed by atoms with Crippen molar-refractivity contribution in [2.45, 2.75) is 64.8 Å². The Labute approximate surface area is 179 Å². The minimum absolute atomic E-state index is 0.0105. The van der Waals surface area contributed by atoms with E-state index < -0.39 is 20.8 Å². The number of rotatable bonds is 6. The minimum Gasteiger partial charge on any atom is -0.350 e. The first kappa shape index (κ1) is 23.8. The molecule has 0 fully saturated rings. The van der Waals surface area contributed by atoms with Gasteiger partial charge in [-0.25, -0.2) is 13.1 Å². The minimum atomic E-state index is -3.48. The molecule has 30 heavy (non-hydrogen) atoms. The first-order valence-electron chi connectivity index (χ1n) is 9.94. The second-order valence-corrected chi connectivity index (χ2v) is 11.1. The maximum atomic E-state index is 12.7. The molecule has 0 saturated heterocycles. The van der Waals surface area contributed by atoms with Gasteiger partial charge >= 0.3 is 0 Å². The smallest absolute Gasteiger partial charge is 0.255 e. The quantitative estimate of drug-likeness (QED) is 0.641. The van der Waals surface area contributed by atoms with Gasteiger partial charge in [0.25, 0.3) is 11.8 Å². The molecule has 0 heterocycles. The molecule has 2 rings (SSSR count). The van der Waals surface area contributed by atoms with Crippen molar-refractivity contribution in [3.05, 3.63) is 53.1 Å². The lowest BCUT2D eigenvalue weighted by molar-refractivity contribution is -0.112. The van der Waals surface area contributed by atoms with Crippen LogP contribution >= 0.6 is 0 Å². The summed E-state index contributed by atoms with van der Waals surface area (Å²) >= 11 is 0. The summed E-state index contributed by atoms with van der Waals surface area (Å²) in [5.74, 6) is -0.503. The van der Waals surface area contributed by atoms with Crippen molar-refractivity contribution in [3.8, 4) is 0 Å². The fourth-order valence-corrected chi connectivity index (χ4v) is 3.73. The van der Waals surface area contributed by atoms with Gasteiger partial charge in [0.05, 0.1) is 4.75 Å². The molecule has 0 spiro atoms. The van der Waals surface area contributed by atoms with Gasteiger partial charge in [-0.15, -0.1) is 0 Å². The van der Waals surface area contributed by atoms with Crippen LogP contribution in [-0.2, 0) is 14.8 Å². The maximum Gasteiger partial charge on any atom is 0.255 e. The Morgan fingerprint density at radius 2 is 1.80 bits per heavy atom. The van der Waals surface area contributed by atoms with Crippen LogP contribution in [0, 0.1) is 6.92 Å². The van der Waals surface area contributed by atoms with Gasteiger partial charge in [-0.3, -0.25) is 9.59 Å². The van der Waals surface area contributed by atoms with Crippen LogP contribution in [0.4, 0.5) is 5.69 Å². The number of anilines is 1. The van der Waals surface area contributed by atoms with Crippen LogP contribution in [0.2, 0.25) is 0 Å². The molecule has 0 radical (unpaired) electrons. The van der Waals surface area contributed by atoms with Crippen molar-refractivity contribution < 1.29 is 18.0 Å². The summed E-state index contributed by atoms with van der Waals surface area (Å²) in [6.45, 7) is 10.5. The Bertz CT molecular complexity index is 986. The number of amides is 2. The van der Waals surface area contributed by atoms with E-state index in [0.29, 0.717) is 28.8 Å². The number of carbonyl (C=O) groups excluding carboxylic acids is 2. The highest BCUT2D eigenvalue weighted by molar-refractivity contribution is 7.90. The molecule has 1 unspecified atom stereocenters. The summed E-state index contributed by atoms with van der Waals surface area (Å²) in [6.07, 6.45) is 5.37. The molecule has 3 N–H and O–H groups in total. The highest BCUT2D eigenvalue weighted by Gasteiger charge is 2.31. The van der Waals surface area contributed by atoms with Gasteiger partial charge < -0.3 is 10.6 Å². The Kier molecular flexibility index (Phi) is 7.26. The van der Waals surface area contributed by atoms with Gasteiger partial charge in [-0.05, 0) is 65.7 Å². The van der Waals surface area contributed by atoms with Crippen molar-refractivity contribution in [2.75, 3.05) is 5.32 Å². The Morgan fingerprint density at radius 3 is 2.33 bits per heavy atom. The predicted octanol–water partition coefficient (Wildman–Crippen LogP) is 3.04. The third-order valence-corrected chi connectivity index (χ3v) is 6.95. The van der Waals surface area contributed by atoms with Crippen LogP contribution in [0.5, 0.6) is 0 Å². The average molecular weight is 434 g/mol. The lowest BCUT2D eigenvalue weighted by atomic mass is 10.0. The Balaban J connectivity index is 2.07.